The van der Waals surface area contributed by atoms with Gasteiger partial charge in [0.2, 0.25) is 12.5 Å². The van der Waals surface area contributed by atoms with Crippen LogP contribution in [0.1, 0.15) is 49.5 Å². The van der Waals surface area contributed by atoms with Crippen molar-refractivity contribution in [3.8, 4) is 28.7 Å². The van der Waals surface area contributed by atoms with Gasteiger partial charge in [0.25, 0.3) is 0 Å². The van der Waals surface area contributed by atoms with Crippen LogP contribution in [0, 0.1) is 11.8 Å². The molecule has 0 spiro atoms. The molecule has 4 rings (SSSR count). The molecule has 2 aromatic carbocycles. The van der Waals surface area contributed by atoms with Gasteiger partial charge in [0.15, 0.2) is 46.6 Å². The van der Waals surface area contributed by atoms with Crippen molar-refractivity contribution in [2.45, 2.75) is 50.9 Å². The molecular formula is C29H41O10PSSi. The highest BCUT2D eigenvalue weighted by Gasteiger charge is 2.51. The second-order valence-electron chi connectivity index (χ2n) is 12.2. The number of rotatable bonds is 10. The van der Waals surface area contributed by atoms with Crippen LogP contribution in [0.5, 0.6) is 28.7 Å². The van der Waals surface area contributed by atoms with Crippen molar-refractivity contribution in [1.29, 1.82) is 0 Å². The summed E-state index contributed by atoms with van der Waals surface area (Å²) in [5.74, 6) is -1.54. The summed E-state index contributed by atoms with van der Waals surface area (Å²) in [5, 5.41) is 10.8. The molecule has 0 saturated carbocycles. The van der Waals surface area contributed by atoms with Crippen molar-refractivity contribution in [2.24, 2.45) is 11.8 Å². The summed E-state index contributed by atoms with van der Waals surface area (Å²) in [5.41, 5.74) is 2.08. The highest BCUT2D eigenvalue weighted by molar-refractivity contribution is 8.37. The number of ketones is 1. The number of fused-ring (bicyclic) bond motifs is 2. The van der Waals surface area contributed by atoms with E-state index >= 15 is 0 Å². The van der Waals surface area contributed by atoms with E-state index in [1.165, 1.54) is 21.3 Å². The Morgan fingerprint density at radius 1 is 1.00 bits per heavy atom. The van der Waals surface area contributed by atoms with E-state index in [0.29, 0.717) is 39.9 Å². The number of carbonyl (C=O) groups is 1. The lowest BCUT2D eigenvalue weighted by molar-refractivity contribution is -0.126. The van der Waals surface area contributed by atoms with Crippen LogP contribution in [-0.2, 0) is 18.7 Å². The maximum atomic E-state index is 14.1. The number of methoxy groups -OCH3 is 3. The number of ether oxygens (including phenoxy) is 5. The first-order valence-corrected chi connectivity index (χ1v) is 19.7. The predicted octanol–water partition coefficient (Wildman–Crippen LogP) is 4.65. The van der Waals surface area contributed by atoms with Gasteiger partial charge in [-0.3, -0.25) is 4.79 Å². The van der Waals surface area contributed by atoms with Crippen molar-refractivity contribution < 1.29 is 46.4 Å². The molecule has 0 bridgehead atoms. The molecule has 5 atom stereocenters. The minimum absolute atomic E-state index is 0.0396. The molecule has 42 heavy (non-hydrogen) atoms. The van der Waals surface area contributed by atoms with Crippen molar-refractivity contribution >= 4 is 32.0 Å². The van der Waals surface area contributed by atoms with E-state index in [4.69, 9.17) is 28.1 Å². The molecule has 0 fully saturated rings. The van der Waals surface area contributed by atoms with Crippen LogP contribution in [0.25, 0.3) is 0 Å². The third kappa shape index (κ3) is 6.15. The Bertz CT molecular complexity index is 1430. The van der Waals surface area contributed by atoms with Crippen LogP contribution in [0.15, 0.2) is 24.3 Å². The molecule has 1 aliphatic heterocycles. The van der Waals surface area contributed by atoms with Gasteiger partial charge in [0.05, 0.1) is 27.4 Å². The van der Waals surface area contributed by atoms with Gasteiger partial charge in [-0.1, -0.05) is 20.8 Å². The Balaban J connectivity index is 2.05. The molecule has 2 aliphatic rings. The molecule has 1 heterocycles. The lowest BCUT2D eigenvalue weighted by Crippen LogP contribution is -2.48. The third-order valence-corrected chi connectivity index (χ3v) is 14.3. The normalized spacial score (nSPS) is 22.0. The molecule has 0 radical (unpaired) electrons. The lowest BCUT2D eigenvalue weighted by Gasteiger charge is -2.48. The standard InChI is InChI=1S/C29H41O10PSSi/c1-29(2,3)42(7,8)39-27-18-12-22-21(37-15-38-22)11-17(18)25(26(19(27)13-30)20(31)14-41(32,33)40)16-9-23(34-4)28(36-6)24(10-16)35-5/h9-12,19,25-27,30H,13-15,40H2,1-8H3/t19-,25-,26+,27+/m0/s1. The number of aliphatic hydroxyl groups is 1. The summed E-state index contributed by atoms with van der Waals surface area (Å²) in [6.07, 6.45) is -0.708. The van der Waals surface area contributed by atoms with Crippen LogP contribution in [0.4, 0.5) is 0 Å². The first-order chi connectivity index (χ1) is 19.6. The predicted molar refractivity (Wildman–Crippen MR) is 164 cm³/mol. The molecule has 1 unspecified atom stereocenters. The zero-order chi connectivity index (χ0) is 31.2. The summed E-state index contributed by atoms with van der Waals surface area (Å²) < 4.78 is 60.0. The van der Waals surface area contributed by atoms with Gasteiger partial charge in [0, 0.05) is 24.4 Å². The minimum atomic E-state index is -3.77. The monoisotopic (exact) mass is 640 g/mol. The van der Waals surface area contributed by atoms with E-state index in [9.17, 15) is 18.3 Å². The fourth-order valence-electron chi connectivity index (χ4n) is 5.59. The summed E-state index contributed by atoms with van der Waals surface area (Å²) in [4.78, 5) is 14.1. The summed E-state index contributed by atoms with van der Waals surface area (Å²) in [6.45, 7) is 10.2. The molecule has 1 aliphatic carbocycles. The van der Waals surface area contributed by atoms with E-state index < -0.39 is 59.8 Å². The number of benzene rings is 2. The Morgan fingerprint density at radius 2 is 1.55 bits per heavy atom. The van der Waals surface area contributed by atoms with Crippen LogP contribution in [-0.4, -0.2) is 68.1 Å². The van der Waals surface area contributed by atoms with Gasteiger partial charge in [0.1, 0.15) is 5.75 Å². The molecule has 1 N–H and O–H groups in total. The van der Waals surface area contributed by atoms with Gasteiger partial charge >= 0.3 is 0 Å². The highest BCUT2D eigenvalue weighted by atomic mass is 32.7. The van der Waals surface area contributed by atoms with Gasteiger partial charge in [-0.05, 0) is 67.5 Å². The average Bonchev–Trinajstić information content (AvgIpc) is 3.36. The van der Waals surface area contributed by atoms with Crippen molar-refractivity contribution in [1.82, 2.24) is 0 Å². The minimum Gasteiger partial charge on any atom is -0.493 e. The quantitative estimate of drug-likeness (QED) is 0.290. The highest BCUT2D eigenvalue weighted by Crippen LogP contribution is 2.56. The van der Waals surface area contributed by atoms with Gasteiger partial charge in [-0.15, -0.1) is 0 Å². The molecule has 0 saturated heterocycles. The first kappa shape index (κ1) is 32.5. The third-order valence-electron chi connectivity index (χ3n) is 8.63. The molecule has 232 valence electrons. The number of Topliss-reactive ketones (excluding diaryl/α,β-unsaturated/α-hetero) is 1. The van der Waals surface area contributed by atoms with E-state index in [0.717, 1.165) is 5.56 Å². The summed E-state index contributed by atoms with van der Waals surface area (Å²) in [7, 11) is 0.00695. The van der Waals surface area contributed by atoms with Crippen LogP contribution in [0.2, 0.25) is 18.1 Å². The largest absolute Gasteiger partial charge is 0.493 e. The zero-order valence-corrected chi connectivity index (χ0v) is 28.3. The van der Waals surface area contributed by atoms with Crippen LogP contribution in [0.3, 0.4) is 0 Å². The van der Waals surface area contributed by atoms with Crippen LogP contribution < -0.4 is 23.7 Å². The molecule has 10 nitrogen and oxygen atoms in total. The molecule has 13 heteroatoms. The summed E-state index contributed by atoms with van der Waals surface area (Å²) in [6, 6.07) is 7.19. The fraction of sp³-hybridized carbons (Fsp3) is 0.552. The number of aliphatic hydroxyl groups excluding tert-OH is 1. The molecule has 0 amide bonds. The molecule has 2 aromatic rings. The number of hydrogen-bond donors (Lipinski definition) is 1. The fourth-order valence-corrected chi connectivity index (χ4v) is 7.96. The molecule has 0 aromatic heterocycles. The maximum Gasteiger partial charge on any atom is 0.231 e. The second kappa shape index (κ2) is 12.0. The number of carbonyl (C=O) groups excluding carboxylic acids is 1. The van der Waals surface area contributed by atoms with Crippen molar-refractivity contribution in [3.63, 3.8) is 0 Å². The van der Waals surface area contributed by atoms with Crippen molar-refractivity contribution in [3.05, 3.63) is 41.0 Å². The number of hydrogen-bond acceptors (Lipinski definition) is 10. The van der Waals surface area contributed by atoms with E-state index in [-0.39, 0.29) is 11.8 Å². The van der Waals surface area contributed by atoms with Gasteiger partial charge in [-0.25, -0.2) is 8.42 Å². The van der Waals surface area contributed by atoms with Crippen LogP contribution >= 0.6 is 8.44 Å². The average molecular weight is 641 g/mol. The topological polar surface area (TPSA) is 127 Å². The summed E-state index contributed by atoms with van der Waals surface area (Å²) >= 11 is 0. The lowest BCUT2D eigenvalue weighted by atomic mass is 9.64. The Labute approximate surface area is 251 Å². The maximum absolute atomic E-state index is 14.1. The van der Waals surface area contributed by atoms with Gasteiger partial charge in [-0.2, -0.15) is 0 Å². The van der Waals surface area contributed by atoms with E-state index in [1.54, 1.807) is 20.6 Å². The van der Waals surface area contributed by atoms with Crippen molar-refractivity contribution in [2.75, 3.05) is 40.5 Å². The van der Waals surface area contributed by atoms with Gasteiger partial charge < -0.3 is 33.2 Å². The first-order valence-electron chi connectivity index (χ1n) is 13.6. The Morgan fingerprint density at radius 3 is 2.00 bits per heavy atom. The van der Waals surface area contributed by atoms with E-state index in [2.05, 4.69) is 33.9 Å². The molecular weight excluding hydrogens is 599 g/mol. The SMILES string of the molecule is COc1cc([C@H]2c3cc4c(cc3[C@@H](O[Si](C)(C)C(C)(C)C)[C@@H](CO)[C@@H]2C(=O)CS(=O)(=O)P)OCO4)cc(OC)c1OC. The zero-order valence-electron chi connectivity index (χ0n) is 25.3. The Kier molecular flexibility index (Phi) is 9.26. The smallest absolute Gasteiger partial charge is 0.231 e. The second-order valence-corrected chi connectivity index (χ2v) is 20.7. The Hall–Kier alpha value is -2.37. The van der Waals surface area contributed by atoms with E-state index in [1.807, 2.05) is 12.1 Å².